The summed E-state index contributed by atoms with van der Waals surface area (Å²) in [4.78, 5) is 0. The van der Waals surface area contributed by atoms with Gasteiger partial charge in [0.15, 0.2) is 0 Å². The molecule has 0 N–H and O–H groups in total. The molecule has 2 nitrogen and oxygen atoms in total. The van der Waals surface area contributed by atoms with Gasteiger partial charge in [0.25, 0.3) is 0 Å². The van der Waals surface area contributed by atoms with Gasteiger partial charge < -0.3 is 0 Å². The molecular weight excluding hydrogens is 160 g/mol. The second kappa shape index (κ2) is 3.26. The summed E-state index contributed by atoms with van der Waals surface area (Å²) in [6.07, 6.45) is 1.84. The van der Waals surface area contributed by atoms with E-state index in [-0.39, 0.29) is 0 Å². The molecule has 0 saturated heterocycles. The van der Waals surface area contributed by atoms with Crippen molar-refractivity contribution in [2.75, 3.05) is 0 Å². The third-order valence-electron chi connectivity index (χ3n) is 1.78. The number of alkyl halides is 1. The summed E-state index contributed by atoms with van der Waals surface area (Å²) in [5.74, 6) is 0.554. The number of hydrogen-bond acceptors (Lipinski definition) is 1. The minimum Gasteiger partial charge on any atom is -0.267 e. The lowest BCUT2D eigenvalue weighted by Crippen LogP contribution is -2.04. The van der Waals surface area contributed by atoms with Crippen LogP contribution in [-0.2, 0) is 5.88 Å². The third-order valence-corrected chi connectivity index (χ3v) is 2.07. The lowest BCUT2D eigenvalue weighted by atomic mass is 10.3. The molecule has 0 aromatic carbocycles. The van der Waals surface area contributed by atoms with Crippen molar-refractivity contribution in [2.45, 2.75) is 32.7 Å². The van der Waals surface area contributed by atoms with Gasteiger partial charge in [-0.05, 0) is 20.8 Å². The summed E-state index contributed by atoms with van der Waals surface area (Å²) < 4.78 is 1.98. The fourth-order valence-electron chi connectivity index (χ4n) is 1.11. The Balaban J connectivity index is 3.00. The first-order valence-corrected chi connectivity index (χ1v) is 4.29. The number of aromatic nitrogens is 2. The van der Waals surface area contributed by atoms with Gasteiger partial charge in [-0.1, -0.05) is 0 Å². The van der Waals surface area contributed by atoms with Crippen LogP contribution < -0.4 is 0 Å². The van der Waals surface area contributed by atoms with E-state index >= 15 is 0 Å². The first kappa shape index (κ1) is 8.60. The topological polar surface area (TPSA) is 17.8 Å². The van der Waals surface area contributed by atoms with Crippen molar-refractivity contribution in [2.24, 2.45) is 0 Å². The monoisotopic (exact) mass is 172 g/mol. The average Bonchev–Trinajstić information content (AvgIpc) is 2.30. The molecule has 0 radical (unpaired) electrons. The molecular formula is C8H13ClN2. The van der Waals surface area contributed by atoms with E-state index in [1.165, 1.54) is 5.69 Å². The molecule has 0 unspecified atom stereocenters. The van der Waals surface area contributed by atoms with Gasteiger partial charge in [0.2, 0.25) is 0 Å². The third kappa shape index (κ3) is 1.56. The molecule has 0 aliphatic rings. The Bertz CT molecular complexity index is 240. The van der Waals surface area contributed by atoms with E-state index in [4.69, 9.17) is 11.6 Å². The van der Waals surface area contributed by atoms with Gasteiger partial charge in [-0.2, -0.15) is 5.10 Å². The van der Waals surface area contributed by atoms with Crippen molar-refractivity contribution in [1.29, 1.82) is 0 Å². The maximum Gasteiger partial charge on any atom is 0.0536 e. The molecule has 0 aliphatic heterocycles. The first-order chi connectivity index (χ1) is 5.16. The maximum atomic E-state index is 5.70. The zero-order valence-electron chi connectivity index (χ0n) is 7.13. The molecule has 1 rings (SSSR count). The van der Waals surface area contributed by atoms with Crippen molar-refractivity contribution in [3.63, 3.8) is 0 Å². The van der Waals surface area contributed by atoms with Crippen molar-refractivity contribution in [3.8, 4) is 0 Å². The van der Waals surface area contributed by atoms with Gasteiger partial charge in [-0.15, -0.1) is 11.6 Å². The van der Waals surface area contributed by atoms with Crippen molar-refractivity contribution < 1.29 is 0 Å². The highest BCUT2D eigenvalue weighted by Crippen LogP contribution is 2.13. The Hall–Kier alpha value is -0.500. The summed E-state index contributed by atoms with van der Waals surface area (Å²) in [5, 5.41) is 4.22. The maximum absolute atomic E-state index is 5.70. The van der Waals surface area contributed by atoms with E-state index in [0.717, 1.165) is 5.56 Å². The fraction of sp³-hybridized carbons (Fsp3) is 0.625. The van der Waals surface area contributed by atoms with Gasteiger partial charge in [0, 0.05) is 17.3 Å². The molecule has 0 fully saturated rings. The predicted octanol–water partition coefficient (Wildman–Crippen LogP) is 2.51. The summed E-state index contributed by atoms with van der Waals surface area (Å²) in [6.45, 7) is 6.26. The van der Waals surface area contributed by atoms with Gasteiger partial charge in [-0.25, -0.2) is 0 Å². The zero-order chi connectivity index (χ0) is 8.43. The van der Waals surface area contributed by atoms with E-state index in [9.17, 15) is 0 Å². The minimum absolute atomic E-state index is 0.423. The molecule has 0 bridgehead atoms. The molecule has 0 aliphatic carbocycles. The molecule has 0 atom stereocenters. The van der Waals surface area contributed by atoms with Crippen molar-refractivity contribution in [1.82, 2.24) is 9.78 Å². The molecule has 1 heterocycles. The molecule has 1 aromatic rings. The van der Waals surface area contributed by atoms with Gasteiger partial charge in [0.05, 0.1) is 12.1 Å². The quantitative estimate of drug-likeness (QED) is 0.627. The molecule has 11 heavy (non-hydrogen) atoms. The SMILES string of the molecule is Cc1c(CCl)cnn1C(C)C. The number of nitrogens with zero attached hydrogens (tertiary/aromatic N) is 2. The molecule has 0 amide bonds. The van der Waals surface area contributed by atoms with Gasteiger partial charge in [-0.3, -0.25) is 4.68 Å². The lowest BCUT2D eigenvalue weighted by molar-refractivity contribution is 0.518. The number of halogens is 1. The average molecular weight is 173 g/mol. The van der Waals surface area contributed by atoms with Crippen LogP contribution in [0, 0.1) is 6.92 Å². The summed E-state index contributed by atoms with van der Waals surface area (Å²) >= 11 is 5.70. The Morgan fingerprint density at radius 2 is 2.27 bits per heavy atom. The van der Waals surface area contributed by atoms with Crippen LogP contribution in [0.1, 0.15) is 31.1 Å². The van der Waals surface area contributed by atoms with Crippen LogP contribution in [0.2, 0.25) is 0 Å². The highest BCUT2D eigenvalue weighted by Gasteiger charge is 2.06. The molecule has 62 valence electrons. The van der Waals surface area contributed by atoms with Crippen molar-refractivity contribution >= 4 is 11.6 Å². The second-order valence-electron chi connectivity index (χ2n) is 2.93. The normalized spacial score (nSPS) is 11.0. The van der Waals surface area contributed by atoms with E-state index < -0.39 is 0 Å². The van der Waals surface area contributed by atoms with E-state index in [0.29, 0.717) is 11.9 Å². The van der Waals surface area contributed by atoms with E-state index in [1.807, 2.05) is 17.8 Å². The molecule has 0 saturated carbocycles. The van der Waals surface area contributed by atoms with E-state index in [1.54, 1.807) is 0 Å². The van der Waals surface area contributed by atoms with Crippen LogP contribution in [0.15, 0.2) is 6.20 Å². The lowest BCUT2D eigenvalue weighted by Gasteiger charge is -2.07. The Morgan fingerprint density at radius 1 is 1.64 bits per heavy atom. The van der Waals surface area contributed by atoms with Crippen LogP contribution in [0.25, 0.3) is 0 Å². The van der Waals surface area contributed by atoms with Crippen LogP contribution in [-0.4, -0.2) is 9.78 Å². The summed E-state index contributed by atoms with van der Waals surface area (Å²) in [6, 6.07) is 0.423. The second-order valence-corrected chi connectivity index (χ2v) is 3.19. The Morgan fingerprint density at radius 3 is 2.55 bits per heavy atom. The minimum atomic E-state index is 0.423. The van der Waals surface area contributed by atoms with Crippen LogP contribution in [0.5, 0.6) is 0 Å². The van der Waals surface area contributed by atoms with Crippen molar-refractivity contribution in [3.05, 3.63) is 17.5 Å². The predicted molar refractivity (Wildman–Crippen MR) is 46.9 cm³/mol. The highest BCUT2D eigenvalue weighted by molar-refractivity contribution is 6.17. The van der Waals surface area contributed by atoms with Gasteiger partial charge in [0.1, 0.15) is 0 Å². The Kier molecular flexibility index (Phi) is 2.55. The zero-order valence-corrected chi connectivity index (χ0v) is 7.89. The molecule has 1 aromatic heterocycles. The largest absolute Gasteiger partial charge is 0.267 e. The molecule has 0 spiro atoms. The first-order valence-electron chi connectivity index (χ1n) is 3.75. The van der Waals surface area contributed by atoms with Crippen LogP contribution in [0.3, 0.4) is 0 Å². The highest BCUT2D eigenvalue weighted by atomic mass is 35.5. The van der Waals surface area contributed by atoms with E-state index in [2.05, 4.69) is 18.9 Å². The van der Waals surface area contributed by atoms with Crippen LogP contribution in [0.4, 0.5) is 0 Å². The fourth-order valence-corrected chi connectivity index (χ4v) is 1.37. The number of rotatable bonds is 2. The Labute approximate surface area is 72.2 Å². The standard InChI is InChI=1S/C8H13ClN2/c1-6(2)11-7(3)8(4-9)5-10-11/h5-6H,4H2,1-3H3. The van der Waals surface area contributed by atoms with Crippen LogP contribution >= 0.6 is 11.6 Å². The smallest absolute Gasteiger partial charge is 0.0536 e. The number of hydrogen-bond donors (Lipinski definition) is 0. The summed E-state index contributed by atoms with van der Waals surface area (Å²) in [7, 11) is 0. The van der Waals surface area contributed by atoms with Gasteiger partial charge >= 0.3 is 0 Å². The molecule has 3 heteroatoms. The summed E-state index contributed by atoms with van der Waals surface area (Å²) in [5.41, 5.74) is 2.30.